The average molecular weight is 321 g/mol. The van der Waals surface area contributed by atoms with Gasteiger partial charge in [-0.25, -0.2) is 0 Å². The molecule has 1 saturated carbocycles. The lowest BCUT2D eigenvalue weighted by Crippen LogP contribution is -2.49. The molecule has 4 N–H and O–H groups in total. The Hall–Kier alpha value is -0.360. The minimum atomic E-state index is -0.425. The van der Waals surface area contributed by atoms with E-state index in [2.05, 4.69) is 5.32 Å². The Morgan fingerprint density at radius 2 is 1.95 bits per heavy atom. The number of carbonyl (C=O) groups is 1. The van der Waals surface area contributed by atoms with Gasteiger partial charge in [-0.2, -0.15) is 0 Å². The van der Waals surface area contributed by atoms with Gasteiger partial charge in [-0.15, -0.1) is 12.4 Å². The van der Waals surface area contributed by atoms with E-state index >= 15 is 0 Å². The van der Waals surface area contributed by atoms with Crippen LogP contribution in [0.2, 0.25) is 0 Å². The fourth-order valence-corrected chi connectivity index (χ4v) is 3.56. The topological polar surface area (TPSA) is 84.6 Å². The maximum Gasteiger partial charge on any atom is 0.237 e. The van der Waals surface area contributed by atoms with Crippen LogP contribution >= 0.6 is 12.4 Å². The van der Waals surface area contributed by atoms with E-state index in [1.165, 1.54) is 12.8 Å². The van der Waals surface area contributed by atoms with Crippen molar-refractivity contribution >= 4 is 18.3 Å². The molecule has 5 nitrogen and oxygen atoms in total. The maximum absolute atomic E-state index is 12.2. The Labute approximate surface area is 133 Å². The molecular weight excluding hydrogens is 292 g/mol. The molecule has 2 fully saturated rings. The Bertz CT molecular complexity index is 316. The van der Waals surface area contributed by atoms with Crippen LogP contribution < -0.4 is 11.1 Å². The SMILES string of the molecule is Cl.NC(C(=O)NCC1(CCO)CCCC1)C1CCOCC1. The summed E-state index contributed by atoms with van der Waals surface area (Å²) in [5, 5.41) is 12.3. The zero-order chi connectivity index (χ0) is 14.4. The smallest absolute Gasteiger partial charge is 0.237 e. The van der Waals surface area contributed by atoms with Crippen molar-refractivity contribution in [1.29, 1.82) is 0 Å². The predicted octanol–water partition coefficient (Wildman–Crippen LogP) is 1.22. The molecule has 0 spiro atoms. The van der Waals surface area contributed by atoms with Crippen molar-refractivity contribution in [2.45, 2.75) is 51.0 Å². The number of aliphatic hydroxyl groups excluding tert-OH is 1. The molecule has 1 saturated heterocycles. The van der Waals surface area contributed by atoms with Gasteiger partial charge in [0.05, 0.1) is 6.04 Å². The van der Waals surface area contributed by atoms with Gasteiger partial charge in [0, 0.05) is 26.4 Å². The molecule has 1 amide bonds. The number of halogens is 1. The number of hydrogen-bond acceptors (Lipinski definition) is 4. The highest BCUT2D eigenvalue weighted by Crippen LogP contribution is 2.40. The van der Waals surface area contributed by atoms with E-state index in [9.17, 15) is 9.90 Å². The number of carbonyl (C=O) groups excluding carboxylic acids is 1. The first-order valence-electron chi connectivity index (χ1n) is 7.89. The van der Waals surface area contributed by atoms with Gasteiger partial charge in [0.15, 0.2) is 0 Å². The summed E-state index contributed by atoms with van der Waals surface area (Å²) in [6.07, 6.45) is 7.11. The normalized spacial score (nSPS) is 23.3. The summed E-state index contributed by atoms with van der Waals surface area (Å²) in [6, 6.07) is -0.425. The minimum absolute atomic E-state index is 0. The van der Waals surface area contributed by atoms with Crippen LogP contribution in [0.4, 0.5) is 0 Å². The molecule has 0 aromatic carbocycles. The second-order valence-electron chi connectivity index (χ2n) is 6.37. The number of ether oxygens (including phenoxy) is 1. The Balaban J connectivity index is 0.00000220. The third-order valence-corrected chi connectivity index (χ3v) is 5.02. The zero-order valence-corrected chi connectivity index (χ0v) is 13.5. The van der Waals surface area contributed by atoms with Crippen LogP contribution in [0.5, 0.6) is 0 Å². The van der Waals surface area contributed by atoms with E-state index in [-0.39, 0.29) is 36.3 Å². The van der Waals surface area contributed by atoms with Crippen molar-refractivity contribution in [2.24, 2.45) is 17.1 Å². The highest BCUT2D eigenvalue weighted by molar-refractivity contribution is 5.85. The first kappa shape index (κ1) is 18.7. The van der Waals surface area contributed by atoms with Gasteiger partial charge < -0.3 is 20.9 Å². The van der Waals surface area contributed by atoms with Crippen LogP contribution in [0.1, 0.15) is 44.9 Å². The Morgan fingerprint density at radius 3 is 2.52 bits per heavy atom. The second kappa shape index (κ2) is 8.93. The van der Waals surface area contributed by atoms with Gasteiger partial charge >= 0.3 is 0 Å². The summed E-state index contributed by atoms with van der Waals surface area (Å²) in [4.78, 5) is 12.2. The van der Waals surface area contributed by atoms with E-state index < -0.39 is 6.04 Å². The molecule has 0 radical (unpaired) electrons. The van der Waals surface area contributed by atoms with E-state index in [1.54, 1.807) is 0 Å². The molecule has 0 aromatic heterocycles. The molecule has 1 atom stereocenters. The van der Waals surface area contributed by atoms with Crippen LogP contribution in [0.25, 0.3) is 0 Å². The maximum atomic E-state index is 12.2. The van der Waals surface area contributed by atoms with Crippen LogP contribution in [-0.2, 0) is 9.53 Å². The Kier molecular flexibility index (Phi) is 7.95. The van der Waals surface area contributed by atoms with Crippen molar-refractivity contribution in [3.8, 4) is 0 Å². The molecule has 1 unspecified atom stereocenters. The van der Waals surface area contributed by atoms with Crippen molar-refractivity contribution in [2.75, 3.05) is 26.4 Å². The van der Waals surface area contributed by atoms with Crippen LogP contribution in [-0.4, -0.2) is 43.4 Å². The number of rotatable bonds is 6. The molecule has 124 valence electrons. The summed E-state index contributed by atoms with van der Waals surface area (Å²) in [6.45, 7) is 2.27. The van der Waals surface area contributed by atoms with Gasteiger partial charge in [0.25, 0.3) is 0 Å². The predicted molar refractivity (Wildman–Crippen MR) is 84.4 cm³/mol. The minimum Gasteiger partial charge on any atom is -0.396 e. The van der Waals surface area contributed by atoms with Crippen molar-refractivity contribution < 1.29 is 14.6 Å². The molecule has 6 heteroatoms. The monoisotopic (exact) mass is 320 g/mol. The molecule has 1 heterocycles. The number of nitrogens with two attached hydrogens (primary N) is 1. The van der Waals surface area contributed by atoms with Gasteiger partial charge in [-0.1, -0.05) is 12.8 Å². The fourth-order valence-electron chi connectivity index (χ4n) is 3.56. The molecule has 1 aliphatic heterocycles. The van der Waals surface area contributed by atoms with Crippen molar-refractivity contribution in [1.82, 2.24) is 5.32 Å². The van der Waals surface area contributed by atoms with Crippen LogP contribution in [0.3, 0.4) is 0 Å². The lowest BCUT2D eigenvalue weighted by molar-refractivity contribution is -0.124. The third kappa shape index (κ3) is 5.09. The van der Waals surface area contributed by atoms with Crippen molar-refractivity contribution in [3.63, 3.8) is 0 Å². The van der Waals surface area contributed by atoms with Crippen LogP contribution in [0.15, 0.2) is 0 Å². The molecule has 0 bridgehead atoms. The lowest BCUT2D eigenvalue weighted by atomic mass is 9.82. The lowest BCUT2D eigenvalue weighted by Gasteiger charge is -2.31. The summed E-state index contributed by atoms with van der Waals surface area (Å²) in [7, 11) is 0. The molecule has 0 aromatic rings. The summed E-state index contributed by atoms with van der Waals surface area (Å²) in [5.74, 6) is 0.197. The molecule has 21 heavy (non-hydrogen) atoms. The standard InChI is InChI=1S/C15H28N2O3.ClH/c16-13(12-3-9-20-10-4-12)14(19)17-11-15(7-8-18)5-1-2-6-15;/h12-13,18H,1-11,16H2,(H,17,19);1H. The first-order valence-corrected chi connectivity index (χ1v) is 7.89. The number of amides is 1. The largest absolute Gasteiger partial charge is 0.396 e. The highest BCUT2D eigenvalue weighted by Gasteiger charge is 2.34. The second-order valence-corrected chi connectivity index (χ2v) is 6.37. The van der Waals surface area contributed by atoms with E-state index in [1.807, 2.05) is 0 Å². The fraction of sp³-hybridized carbons (Fsp3) is 0.933. The molecule has 2 rings (SSSR count). The number of aliphatic hydroxyl groups is 1. The highest BCUT2D eigenvalue weighted by atomic mass is 35.5. The van der Waals surface area contributed by atoms with Crippen molar-refractivity contribution in [3.05, 3.63) is 0 Å². The van der Waals surface area contributed by atoms with Gasteiger partial charge in [0.1, 0.15) is 0 Å². The first-order chi connectivity index (χ1) is 9.67. The number of nitrogens with one attached hydrogen (secondary N) is 1. The average Bonchev–Trinajstić information content (AvgIpc) is 2.94. The number of hydrogen-bond donors (Lipinski definition) is 3. The van der Waals surface area contributed by atoms with Gasteiger partial charge in [-0.3, -0.25) is 4.79 Å². The molecular formula is C15H29ClN2O3. The quantitative estimate of drug-likeness (QED) is 0.687. The van der Waals surface area contributed by atoms with Gasteiger partial charge in [-0.05, 0) is 43.4 Å². The third-order valence-electron chi connectivity index (χ3n) is 5.02. The summed E-state index contributed by atoms with van der Waals surface area (Å²) in [5.41, 5.74) is 6.17. The molecule has 2 aliphatic rings. The van der Waals surface area contributed by atoms with Gasteiger partial charge in [0.2, 0.25) is 5.91 Å². The van der Waals surface area contributed by atoms with Crippen LogP contribution in [0, 0.1) is 11.3 Å². The zero-order valence-electron chi connectivity index (χ0n) is 12.7. The van der Waals surface area contributed by atoms with E-state index in [4.69, 9.17) is 10.5 Å². The Morgan fingerprint density at radius 1 is 1.33 bits per heavy atom. The van der Waals surface area contributed by atoms with E-state index in [0.29, 0.717) is 19.8 Å². The molecule has 1 aliphatic carbocycles. The summed E-state index contributed by atoms with van der Waals surface area (Å²) < 4.78 is 5.30. The van der Waals surface area contributed by atoms with E-state index in [0.717, 1.165) is 32.1 Å². The summed E-state index contributed by atoms with van der Waals surface area (Å²) >= 11 is 0.